The second kappa shape index (κ2) is 4.74. The molecular formula is C8H11BrN2OS. The lowest BCUT2D eigenvalue weighted by atomic mass is 10.3. The van der Waals surface area contributed by atoms with Gasteiger partial charge in [-0.25, -0.2) is 0 Å². The summed E-state index contributed by atoms with van der Waals surface area (Å²) in [6.07, 6.45) is 0. The van der Waals surface area contributed by atoms with E-state index in [9.17, 15) is 4.79 Å². The van der Waals surface area contributed by atoms with Gasteiger partial charge in [0.1, 0.15) is 0 Å². The maximum Gasteiger partial charge on any atom is 0.261 e. The molecule has 1 heterocycles. The summed E-state index contributed by atoms with van der Waals surface area (Å²) in [7, 11) is 0. The molecule has 1 rings (SSSR count). The normalized spacial score (nSPS) is 12.5. The molecule has 0 aliphatic rings. The highest BCUT2D eigenvalue weighted by Gasteiger charge is 2.10. The maximum atomic E-state index is 11.5. The first-order valence-electron chi connectivity index (χ1n) is 3.89. The Kier molecular flexibility index (Phi) is 3.90. The molecule has 0 aromatic carbocycles. The minimum Gasteiger partial charge on any atom is -0.348 e. The quantitative estimate of drug-likeness (QED) is 0.870. The van der Waals surface area contributed by atoms with E-state index in [4.69, 9.17) is 5.73 Å². The molecule has 0 spiro atoms. The van der Waals surface area contributed by atoms with Gasteiger partial charge in [0.15, 0.2) is 0 Å². The van der Waals surface area contributed by atoms with E-state index in [1.54, 1.807) is 6.07 Å². The molecule has 0 bridgehead atoms. The van der Waals surface area contributed by atoms with Gasteiger partial charge >= 0.3 is 0 Å². The summed E-state index contributed by atoms with van der Waals surface area (Å²) >= 11 is 4.71. The van der Waals surface area contributed by atoms with Gasteiger partial charge in [-0.1, -0.05) is 0 Å². The fourth-order valence-electron chi connectivity index (χ4n) is 0.790. The van der Waals surface area contributed by atoms with Crippen molar-refractivity contribution in [3.8, 4) is 0 Å². The fraction of sp³-hybridized carbons (Fsp3) is 0.375. The summed E-state index contributed by atoms with van der Waals surface area (Å²) in [5.74, 6) is -0.0614. The third-order valence-corrected chi connectivity index (χ3v) is 3.15. The smallest absolute Gasteiger partial charge is 0.261 e. The average molecular weight is 263 g/mol. The Morgan fingerprint density at radius 2 is 2.46 bits per heavy atom. The van der Waals surface area contributed by atoms with Crippen LogP contribution in [0.2, 0.25) is 0 Å². The van der Waals surface area contributed by atoms with Gasteiger partial charge in [-0.3, -0.25) is 4.79 Å². The van der Waals surface area contributed by atoms with Crippen molar-refractivity contribution < 1.29 is 4.79 Å². The molecule has 0 saturated carbocycles. The second-order valence-corrected chi connectivity index (χ2v) is 5.18. The first-order valence-corrected chi connectivity index (χ1v) is 5.50. The molecule has 0 radical (unpaired) electrons. The number of nitrogens with one attached hydrogen (secondary N) is 1. The van der Waals surface area contributed by atoms with Gasteiger partial charge in [-0.15, -0.1) is 11.3 Å². The second-order valence-electron chi connectivity index (χ2n) is 2.71. The molecule has 5 heteroatoms. The van der Waals surface area contributed by atoms with E-state index in [1.807, 2.05) is 13.0 Å². The van der Waals surface area contributed by atoms with Crippen molar-refractivity contribution in [2.24, 2.45) is 5.73 Å². The largest absolute Gasteiger partial charge is 0.348 e. The third-order valence-electron chi connectivity index (χ3n) is 1.53. The molecule has 0 aliphatic carbocycles. The molecule has 0 fully saturated rings. The number of thiophene rings is 1. The zero-order valence-corrected chi connectivity index (χ0v) is 9.61. The molecule has 3 N–H and O–H groups in total. The number of amides is 1. The first kappa shape index (κ1) is 10.7. The summed E-state index contributed by atoms with van der Waals surface area (Å²) < 4.78 is 0.957. The number of carbonyl (C=O) groups is 1. The van der Waals surface area contributed by atoms with E-state index >= 15 is 0 Å². The SMILES string of the molecule is C[C@H](CN)NC(=O)c1ccc(Br)s1. The van der Waals surface area contributed by atoms with Gasteiger partial charge in [-0.05, 0) is 35.0 Å². The van der Waals surface area contributed by atoms with Crippen LogP contribution in [0.5, 0.6) is 0 Å². The van der Waals surface area contributed by atoms with Gasteiger partial charge in [-0.2, -0.15) is 0 Å². The molecule has 72 valence electrons. The Morgan fingerprint density at radius 3 is 2.92 bits per heavy atom. The Labute approximate surface area is 89.5 Å². The van der Waals surface area contributed by atoms with Crippen molar-refractivity contribution in [3.63, 3.8) is 0 Å². The zero-order chi connectivity index (χ0) is 9.84. The molecule has 1 aromatic heterocycles. The number of hydrogen-bond donors (Lipinski definition) is 2. The van der Waals surface area contributed by atoms with Gasteiger partial charge in [0, 0.05) is 12.6 Å². The van der Waals surface area contributed by atoms with E-state index in [2.05, 4.69) is 21.2 Å². The molecule has 0 unspecified atom stereocenters. The molecule has 0 saturated heterocycles. The van der Waals surface area contributed by atoms with Crippen LogP contribution >= 0.6 is 27.3 Å². The van der Waals surface area contributed by atoms with Gasteiger partial charge in [0.05, 0.1) is 8.66 Å². The number of carbonyl (C=O) groups excluding carboxylic acids is 1. The van der Waals surface area contributed by atoms with Crippen molar-refractivity contribution in [1.29, 1.82) is 0 Å². The number of hydrogen-bond acceptors (Lipinski definition) is 3. The lowest BCUT2D eigenvalue weighted by molar-refractivity contribution is 0.0945. The highest BCUT2D eigenvalue weighted by molar-refractivity contribution is 9.11. The van der Waals surface area contributed by atoms with Crippen LogP contribution in [0, 0.1) is 0 Å². The maximum absolute atomic E-state index is 11.5. The van der Waals surface area contributed by atoms with Crippen LogP contribution in [0.4, 0.5) is 0 Å². The van der Waals surface area contributed by atoms with E-state index in [-0.39, 0.29) is 11.9 Å². The van der Waals surface area contributed by atoms with E-state index < -0.39 is 0 Å². The predicted octanol–water partition coefficient (Wildman–Crippen LogP) is 1.59. The van der Waals surface area contributed by atoms with Crippen molar-refractivity contribution in [2.75, 3.05) is 6.54 Å². The minimum atomic E-state index is -0.0614. The van der Waals surface area contributed by atoms with Crippen LogP contribution in [0.15, 0.2) is 15.9 Å². The summed E-state index contributed by atoms with van der Waals surface area (Å²) in [4.78, 5) is 12.2. The predicted molar refractivity (Wildman–Crippen MR) is 58.0 cm³/mol. The Morgan fingerprint density at radius 1 is 1.77 bits per heavy atom. The lowest BCUT2D eigenvalue weighted by Crippen LogP contribution is -2.37. The molecule has 3 nitrogen and oxygen atoms in total. The summed E-state index contributed by atoms with van der Waals surface area (Å²) in [6, 6.07) is 3.66. The molecular weight excluding hydrogens is 252 g/mol. The standard InChI is InChI=1S/C8H11BrN2OS/c1-5(4-10)11-8(12)6-2-3-7(9)13-6/h2-3,5H,4,10H2,1H3,(H,11,12)/t5-/m1/s1. The highest BCUT2D eigenvalue weighted by atomic mass is 79.9. The Bertz CT molecular complexity index is 300. The summed E-state index contributed by atoms with van der Waals surface area (Å²) in [6.45, 7) is 2.33. The fourth-order valence-corrected chi connectivity index (χ4v) is 2.08. The lowest BCUT2D eigenvalue weighted by Gasteiger charge is -2.09. The van der Waals surface area contributed by atoms with Crippen molar-refractivity contribution in [3.05, 3.63) is 20.8 Å². The monoisotopic (exact) mass is 262 g/mol. The average Bonchev–Trinajstić information content (AvgIpc) is 2.51. The summed E-state index contributed by atoms with van der Waals surface area (Å²) in [5.41, 5.74) is 5.38. The molecule has 0 aliphatic heterocycles. The van der Waals surface area contributed by atoms with Gasteiger partial charge < -0.3 is 11.1 Å². The minimum absolute atomic E-state index is 0.0216. The number of nitrogens with two attached hydrogens (primary N) is 1. The highest BCUT2D eigenvalue weighted by Crippen LogP contribution is 2.21. The zero-order valence-electron chi connectivity index (χ0n) is 7.21. The van der Waals surface area contributed by atoms with Crippen LogP contribution in [-0.2, 0) is 0 Å². The van der Waals surface area contributed by atoms with Crippen molar-refractivity contribution in [1.82, 2.24) is 5.32 Å². The van der Waals surface area contributed by atoms with Crippen LogP contribution in [0.1, 0.15) is 16.6 Å². The van der Waals surface area contributed by atoms with E-state index in [0.717, 1.165) is 3.79 Å². The Hall–Kier alpha value is -0.390. The van der Waals surface area contributed by atoms with E-state index in [0.29, 0.717) is 11.4 Å². The molecule has 1 atom stereocenters. The number of rotatable bonds is 3. The molecule has 1 amide bonds. The molecule has 13 heavy (non-hydrogen) atoms. The third kappa shape index (κ3) is 3.10. The summed E-state index contributed by atoms with van der Waals surface area (Å²) in [5, 5.41) is 2.78. The topological polar surface area (TPSA) is 55.1 Å². The van der Waals surface area contributed by atoms with Crippen LogP contribution < -0.4 is 11.1 Å². The van der Waals surface area contributed by atoms with Crippen molar-refractivity contribution >= 4 is 33.2 Å². The van der Waals surface area contributed by atoms with Gasteiger partial charge in [0.2, 0.25) is 0 Å². The van der Waals surface area contributed by atoms with Crippen molar-refractivity contribution in [2.45, 2.75) is 13.0 Å². The van der Waals surface area contributed by atoms with Crippen LogP contribution in [0.3, 0.4) is 0 Å². The van der Waals surface area contributed by atoms with Gasteiger partial charge in [0.25, 0.3) is 5.91 Å². The van der Waals surface area contributed by atoms with Crippen LogP contribution in [-0.4, -0.2) is 18.5 Å². The molecule has 1 aromatic rings. The first-order chi connectivity index (χ1) is 6.13. The number of halogens is 1. The Balaban J connectivity index is 2.58. The van der Waals surface area contributed by atoms with Crippen LogP contribution in [0.25, 0.3) is 0 Å². The van der Waals surface area contributed by atoms with E-state index in [1.165, 1.54) is 11.3 Å².